The molecule has 0 saturated heterocycles. The number of aryl methyl sites for hydroxylation is 1. The third kappa shape index (κ3) is 1.14. The van der Waals surface area contributed by atoms with Crippen molar-refractivity contribution in [3.8, 4) is 0 Å². The van der Waals surface area contributed by atoms with Gasteiger partial charge in [-0.2, -0.15) is 0 Å². The van der Waals surface area contributed by atoms with E-state index in [1.165, 1.54) is 24.0 Å². The highest BCUT2D eigenvalue weighted by Gasteiger charge is 2.22. The van der Waals surface area contributed by atoms with Gasteiger partial charge in [0.05, 0.1) is 0 Å². The van der Waals surface area contributed by atoms with Gasteiger partial charge in [0.2, 0.25) is 0 Å². The summed E-state index contributed by atoms with van der Waals surface area (Å²) in [6.07, 6.45) is 2.43. The lowest BCUT2D eigenvalue weighted by Crippen LogP contribution is -2.25. The van der Waals surface area contributed by atoms with Gasteiger partial charge in [-0.1, -0.05) is 31.2 Å². The first-order valence-corrected chi connectivity index (χ1v) is 4.62. The lowest BCUT2D eigenvalue weighted by Gasteiger charge is -2.28. The molecule has 0 aliphatic heterocycles. The Morgan fingerprint density at radius 1 is 1.33 bits per heavy atom. The molecule has 1 heteroatoms. The Morgan fingerprint density at radius 2 is 2.08 bits per heavy atom. The van der Waals surface area contributed by atoms with Crippen molar-refractivity contribution in [3.63, 3.8) is 0 Å². The fourth-order valence-electron chi connectivity index (χ4n) is 1.96. The zero-order chi connectivity index (χ0) is 8.55. The summed E-state index contributed by atoms with van der Waals surface area (Å²) in [6.45, 7) is 2.24. The quantitative estimate of drug-likeness (QED) is 0.620. The van der Waals surface area contributed by atoms with E-state index in [1.807, 2.05) is 0 Å². The summed E-state index contributed by atoms with van der Waals surface area (Å²) in [5.74, 6) is 0.639. The van der Waals surface area contributed by atoms with Crippen molar-refractivity contribution >= 4 is 0 Å². The second-order valence-electron chi connectivity index (χ2n) is 3.74. The van der Waals surface area contributed by atoms with Gasteiger partial charge in [-0.3, -0.25) is 0 Å². The summed E-state index contributed by atoms with van der Waals surface area (Å²) in [6, 6.07) is 8.80. The van der Waals surface area contributed by atoms with Crippen LogP contribution in [-0.2, 0) is 6.42 Å². The maximum atomic E-state index is 6.09. The molecule has 12 heavy (non-hydrogen) atoms. The van der Waals surface area contributed by atoms with E-state index in [1.54, 1.807) is 0 Å². The van der Waals surface area contributed by atoms with E-state index in [-0.39, 0.29) is 6.04 Å². The molecule has 0 aromatic heterocycles. The Balaban J connectivity index is 2.42. The number of nitrogens with two attached hydrogens (primary N) is 1. The summed E-state index contributed by atoms with van der Waals surface area (Å²) in [4.78, 5) is 0. The van der Waals surface area contributed by atoms with Crippen molar-refractivity contribution in [2.24, 2.45) is 11.7 Å². The summed E-state index contributed by atoms with van der Waals surface area (Å²) in [7, 11) is 0. The van der Waals surface area contributed by atoms with E-state index >= 15 is 0 Å². The number of fused-ring (bicyclic) bond motifs is 1. The number of hydrogen-bond acceptors (Lipinski definition) is 1. The zero-order valence-electron chi connectivity index (χ0n) is 7.46. The molecule has 1 aromatic carbocycles. The normalized spacial score (nSPS) is 28.2. The fraction of sp³-hybridized carbons (Fsp3) is 0.455. The van der Waals surface area contributed by atoms with Crippen LogP contribution in [0.2, 0.25) is 0 Å². The van der Waals surface area contributed by atoms with Gasteiger partial charge in [-0.25, -0.2) is 0 Å². The third-order valence-electron chi connectivity index (χ3n) is 2.90. The number of rotatable bonds is 0. The Morgan fingerprint density at radius 3 is 2.92 bits per heavy atom. The Bertz CT molecular complexity index is 280. The first-order chi connectivity index (χ1) is 5.79. The lowest BCUT2D eigenvalue weighted by molar-refractivity contribution is 0.412. The topological polar surface area (TPSA) is 26.0 Å². The molecule has 2 atom stereocenters. The molecular weight excluding hydrogens is 146 g/mol. The van der Waals surface area contributed by atoms with Crippen molar-refractivity contribution in [2.75, 3.05) is 0 Å². The molecule has 0 spiro atoms. The zero-order valence-corrected chi connectivity index (χ0v) is 7.46. The van der Waals surface area contributed by atoms with Gasteiger partial charge in [0.15, 0.2) is 0 Å². The van der Waals surface area contributed by atoms with Crippen LogP contribution in [0.25, 0.3) is 0 Å². The second-order valence-corrected chi connectivity index (χ2v) is 3.74. The molecule has 1 aliphatic carbocycles. The van der Waals surface area contributed by atoms with Crippen LogP contribution >= 0.6 is 0 Å². The summed E-state index contributed by atoms with van der Waals surface area (Å²) in [5, 5.41) is 0. The van der Waals surface area contributed by atoms with E-state index < -0.39 is 0 Å². The van der Waals surface area contributed by atoms with Gasteiger partial charge in [0.1, 0.15) is 0 Å². The predicted molar refractivity (Wildman–Crippen MR) is 50.9 cm³/mol. The SMILES string of the molecule is CC1CCc2ccccc2C1N. The molecule has 0 heterocycles. The third-order valence-corrected chi connectivity index (χ3v) is 2.90. The minimum absolute atomic E-state index is 0.259. The molecular formula is C11H15N. The maximum absolute atomic E-state index is 6.09. The summed E-state index contributed by atoms with van der Waals surface area (Å²) >= 11 is 0. The van der Waals surface area contributed by atoms with Crippen molar-refractivity contribution in [2.45, 2.75) is 25.8 Å². The van der Waals surface area contributed by atoms with Gasteiger partial charge >= 0.3 is 0 Å². The first kappa shape index (κ1) is 7.81. The van der Waals surface area contributed by atoms with Crippen LogP contribution in [0.3, 0.4) is 0 Å². The number of hydrogen-bond donors (Lipinski definition) is 1. The van der Waals surface area contributed by atoms with Crippen molar-refractivity contribution in [1.82, 2.24) is 0 Å². The molecule has 2 N–H and O–H groups in total. The second kappa shape index (κ2) is 2.91. The monoisotopic (exact) mass is 161 g/mol. The van der Waals surface area contributed by atoms with Crippen molar-refractivity contribution in [3.05, 3.63) is 35.4 Å². The first-order valence-electron chi connectivity index (χ1n) is 4.62. The van der Waals surface area contributed by atoms with E-state index in [4.69, 9.17) is 5.73 Å². The molecule has 0 fully saturated rings. The molecule has 0 radical (unpaired) electrons. The van der Waals surface area contributed by atoms with E-state index in [0.29, 0.717) is 5.92 Å². The molecule has 64 valence electrons. The fourth-order valence-corrected chi connectivity index (χ4v) is 1.96. The van der Waals surface area contributed by atoms with Crippen LogP contribution in [0.15, 0.2) is 24.3 Å². The Kier molecular flexibility index (Phi) is 1.89. The Hall–Kier alpha value is -0.820. The average Bonchev–Trinajstić information content (AvgIpc) is 2.12. The van der Waals surface area contributed by atoms with Crippen LogP contribution in [0.5, 0.6) is 0 Å². The lowest BCUT2D eigenvalue weighted by atomic mass is 9.81. The van der Waals surface area contributed by atoms with Crippen molar-refractivity contribution < 1.29 is 0 Å². The number of benzene rings is 1. The highest BCUT2D eigenvalue weighted by Crippen LogP contribution is 2.31. The van der Waals surface area contributed by atoms with Gasteiger partial charge in [0, 0.05) is 6.04 Å². The maximum Gasteiger partial charge on any atom is 0.0323 e. The Labute approximate surface area is 73.6 Å². The molecule has 2 unspecified atom stereocenters. The van der Waals surface area contributed by atoms with Crippen molar-refractivity contribution in [1.29, 1.82) is 0 Å². The van der Waals surface area contributed by atoms with E-state index in [9.17, 15) is 0 Å². The van der Waals surface area contributed by atoms with Crippen LogP contribution in [0, 0.1) is 5.92 Å². The van der Waals surface area contributed by atoms with Crippen LogP contribution in [0.4, 0.5) is 0 Å². The van der Waals surface area contributed by atoms with Crippen LogP contribution in [-0.4, -0.2) is 0 Å². The van der Waals surface area contributed by atoms with E-state index in [2.05, 4.69) is 31.2 Å². The smallest absolute Gasteiger partial charge is 0.0323 e. The molecule has 1 nitrogen and oxygen atoms in total. The molecule has 0 amide bonds. The van der Waals surface area contributed by atoms with Gasteiger partial charge in [0.25, 0.3) is 0 Å². The molecule has 1 aromatic rings. The average molecular weight is 161 g/mol. The summed E-state index contributed by atoms with van der Waals surface area (Å²) < 4.78 is 0. The molecule has 0 saturated carbocycles. The van der Waals surface area contributed by atoms with Gasteiger partial charge < -0.3 is 5.73 Å². The van der Waals surface area contributed by atoms with Crippen LogP contribution in [0.1, 0.15) is 30.5 Å². The largest absolute Gasteiger partial charge is 0.324 e. The highest BCUT2D eigenvalue weighted by atomic mass is 14.7. The van der Waals surface area contributed by atoms with Gasteiger partial charge in [-0.05, 0) is 29.9 Å². The van der Waals surface area contributed by atoms with Gasteiger partial charge in [-0.15, -0.1) is 0 Å². The van der Waals surface area contributed by atoms with Crippen LogP contribution < -0.4 is 5.73 Å². The minimum Gasteiger partial charge on any atom is -0.324 e. The van der Waals surface area contributed by atoms with E-state index in [0.717, 1.165) is 0 Å². The molecule has 2 rings (SSSR count). The summed E-state index contributed by atoms with van der Waals surface area (Å²) in [5.41, 5.74) is 8.89. The highest BCUT2D eigenvalue weighted by molar-refractivity contribution is 5.32. The standard InChI is InChI=1S/C11H15N/c1-8-6-7-9-4-2-3-5-10(9)11(8)12/h2-5,8,11H,6-7,12H2,1H3. The minimum atomic E-state index is 0.259. The molecule has 0 bridgehead atoms. The predicted octanol–water partition coefficient (Wildman–Crippen LogP) is 2.27. The molecule has 1 aliphatic rings.